The van der Waals surface area contributed by atoms with Gasteiger partial charge < -0.3 is 5.11 Å². The third-order valence-electron chi connectivity index (χ3n) is 3.68. The van der Waals surface area contributed by atoms with Gasteiger partial charge in [-0.05, 0) is 61.6 Å². The second-order valence-corrected chi connectivity index (χ2v) is 4.63. The summed E-state index contributed by atoms with van der Waals surface area (Å²) in [6.45, 7) is 8.52. The lowest BCUT2D eigenvalue weighted by atomic mass is 9.90. The molecule has 0 fully saturated rings. The molecule has 2 rings (SSSR count). The van der Waals surface area contributed by atoms with Crippen molar-refractivity contribution in [2.75, 3.05) is 0 Å². The van der Waals surface area contributed by atoms with Crippen LogP contribution in [0.5, 0.6) is 5.75 Å². The standard InChI is InChI=1S/C16H18O/c1-10-9-15(13(4)12(3)11(10)2)14-7-5-6-8-16(14)17/h5-9,17H,1-4H3. The number of benzene rings is 2. The molecule has 0 spiro atoms. The van der Waals surface area contributed by atoms with Crippen molar-refractivity contribution in [1.82, 2.24) is 0 Å². The van der Waals surface area contributed by atoms with E-state index in [1.807, 2.05) is 18.2 Å². The molecular weight excluding hydrogens is 208 g/mol. The van der Waals surface area contributed by atoms with Gasteiger partial charge in [0.15, 0.2) is 0 Å². The summed E-state index contributed by atoms with van der Waals surface area (Å²) in [5.41, 5.74) is 7.20. The average molecular weight is 226 g/mol. The van der Waals surface area contributed by atoms with Crippen LogP contribution in [-0.4, -0.2) is 5.11 Å². The highest BCUT2D eigenvalue weighted by molar-refractivity contribution is 5.75. The molecule has 1 N–H and O–H groups in total. The number of phenols is 1. The molecule has 88 valence electrons. The topological polar surface area (TPSA) is 20.2 Å². The third-order valence-corrected chi connectivity index (χ3v) is 3.68. The summed E-state index contributed by atoms with van der Waals surface area (Å²) < 4.78 is 0. The lowest BCUT2D eigenvalue weighted by Gasteiger charge is -2.15. The van der Waals surface area contributed by atoms with Crippen LogP contribution in [0.2, 0.25) is 0 Å². The molecule has 0 amide bonds. The monoisotopic (exact) mass is 226 g/mol. The molecule has 1 heteroatoms. The smallest absolute Gasteiger partial charge is 0.123 e. The molecule has 2 aromatic carbocycles. The molecule has 0 unspecified atom stereocenters. The molecular formula is C16H18O. The minimum atomic E-state index is 0.346. The number of para-hydroxylation sites is 1. The first kappa shape index (κ1) is 11.7. The first-order valence-electron chi connectivity index (χ1n) is 5.88. The Bertz CT molecular complexity index is 568. The molecule has 17 heavy (non-hydrogen) atoms. The predicted octanol–water partition coefficient (Wildman–Crippen LogP) is 4.29. The Morgan fingerprint density at radius 1 is 0.765 bits per heavy atom. The highest BCUT2D eigenvalue weighted by Crippen LogP contribution is 2.34. The maximum atomic E-state index is 9.94. The molecule has 0 radical (unpaired) electrons. The zero-order valence-corrected chi connectivity index (χ0v) is 10.8. The zero-order chi connectivity index (χ0) is 12.6. The first-order chi connectivity index (χ1) is 8.02. The summed E-state index contributed by atoms with van der Waals surface area (Å²) in [6.07, 6.45) is 0. The molecule has 0 bridgehead atoms. The summed E-state index contributed by atoms with van der Waals surface area (Å²) in [5.74, 6) is 0.346. The highest BCUT2D eigenvalue weighted by atomic mass is 16.3. The number of hydrogen-bond donors (Lipinski definition) is 1. The summed E-state index contributed by atoms with van der Waals surface area (Å²) in [4.78, 5) is 0. The van der Waals surface area contributed by atoms with E-state index in [1.54, 1.807) is 6.07 Å². The van der Waals surface area contributed by atoms with Crippen molar-refractivity contribution in [3.8, 4) is 16.9 Å². The van der Waals surface area contributed by atoms with Crippen molar-refractivity contribution in [1.29, 1.82) is 0 Å². The quantitative estimate of drug-likeness (QED) is 0.769. The van der Waals surface area contributed by atoms with Gasteiger partial charge in [-0.3, -0.25) is 0 Å². The van der Waals surface area contributed by atoms with E-state index < -0.39 is 0 Å². The maximum Gasteiger partial charge on any atom is 0.123 e. The van der Waals surface area contributed by atoms with E-state index in [4.69, 9.17) is 0 Å². The zero-order valence-electron chi connectivity index (χ0n) is 10.8. The Balaban J connectivity index is 2.73. The molecule has 0 aliphatic carbocycles. The predicted molar refractivity (Wildman–Crippen MR) is 72.5 cm³/mol. The van der Waals surface area contributed by atoms with Gasteiger partial charge in [0.05, 0.1) is 0 Å². The molecule has 1 nitrogen and oxygen atoms in total. The van der Waals surface area contributed by atoms with Crippen molar-refractivity contribution in [2.24, 2.45) is 0 Å². The number of aryl methyl sites for hydroxylation is 1. The van der Waals surface area contributed by atoms with Crippen LogP contribution in [-0.2, 0) is 0 Å². The summed E-state index contributed by atoms with van der Waals surface area (Å²) in [5, 5.41) is 9.94. The van der Waals surface area contributed by atoms with Crippen molar-refractivity contribution in [3.05, 3.63) is 52.6 Å². The van der Waals surface area contributed by atoms with Crippen molar-refractivity contribution in [2.45, 2.75) is 27.7 Å². The van der Waals surface area contributed by atoms with Crippen LogP contribution in [0.4, 0.5) is 0 Å². The number of aromatic hydroxyl groups is 1. The largest absolute Gasteiger partial charge is 0.507 e. The van der Waals surface area contributed by atoms with Gasteiger partial charge in [0.25, 0.3) is 0 Å². The fourth-order valence-electron chi connectivity index (χ4n) is 2.19. The Morgan fingerprint density at radius 2 is 1.41 bits per heavy atom. The normalized spacial score (nSPS) is 10.6. The van der Waals surface area contributed by atoms with Crippen LogP contribution >= 0.6 is 0 Å². The van der Waals surface area contributed by atoms with Crippen LogP contribution < -0.4 is 0 Å². The third kappa shape index (κ3) is 1.93. The minimum absolute atomic E-state index is 0.346. The summed E-state index contributed by atoms with van der Waals surface area (Å²) in [6, 6.07) is 9.67. The van der Waals surface area contributed by atoms with E-state index in [1.165, 1.54) is 22.3 Å². The Morgan fingerprint density at radius 3 is 2.06 bits per heavy atom. The van der Waals surface area contributed by atoms with Crippen LogP contribution in [0.3, 0.4) is 0 Å². The van der Waals surface area contributed by atoms with Gasteiger partial charge in [0, 0.05) is 5.56 Å². The average Bonchev–Trinajstić information content (AvgIpc) is 2.32. The Kier molecular flexibility index (Phi) is 2.93. The molecule has 0 saturated carbocycles. The van der Waals surface area contributed by atoms with E-state index in [0.717, 1.165) is 11.1 Å². The van der Waals surface area contributed by atoms with E-state index in [9.17, 15) is 5.11 Å². The summed E-state index contributed by atoms with van der Waals surface area (Å²) >= 11 is 0. The van der Waals surface area contributed by atoms with Gasteiger partial charge >= 0.3 is 0 Å². The van der Waals surface area contributed by atoms with Gasteiger partial charge in [-0.1, -0.05) is 24.3 Å². The lowest BCUT2D eigenvalue weighted by Crippen LogP contribution is -1.94. The van der Waals surface area contributed by atoms with Gasteiger partial charge in [0.1, 0.15) is 5.75 Å². The van der Waals surface area contributed by atoms with Gasteiger partial charge in [-0.2, -0.15) is 0 Å². The second kappa shape index (κ2) is 4.25. The second-order valence-electron chi connectivity index (χ2n) is 4.63. The number of phenolic OH excluding ortho intramolecular Hbond substituents is 1. The Labute approximate surface area is 103 Å². The Hall–Kier alpha value is -1.76. The molecule has 0 aliphatic heterocycles. The molecule has 0 saturated heterocycles. The van der Waals surface area contributed by atoms with E-state index >= 15 is 0 Å². The van der Waals surface area contributed by atoms with Crippen LogP contribution in [0.1, 0.15) is 22.3 Å². The van der Waals surface area contributed by atoms with E-state index in [-0.39, 0.29) is 0 Å². The highest BCUT2D eigenvalue weighted by Gasteiger charge is 2.11. The SMILES string of the molecule is Cc1cc(-c2ccccc2O)c(C)c(C)c1C. The van der Waals surface area contributed by atoms with E-state index in [0.29, 0.717) is 5.75 Å². The van der Waals surface area contributed by atoms with Gasteiger partial charge in [-0.15, -0.1) is 0 Å². The molecule has 0 aromatic heterocycles. The van der Waals surface area contributed by atoms with Crippen molar-refractivity contribution in [3.63, 3.8) is 0 Å². The van der Waals surface area contributed by atoms with Crippen LogP contribution in [0.25, 0.3) is 11.1 Å². The molecule has 0 heterocycles. The fourth-order valence-corrected chi connectivity index (χ4v) is 2.19. The van der Waals surface area contributed by atoms with Crippen LogP contribution in [0.15, 0.2) is 30.3 Å². The lowest BCUT2D eigenvalue weighted by molar-refractivity contribution is 0.477. The molecule has 0 aliphatic rings. The fraction of sp³-hybridized carbons (Fsp3) is 0.250. The van der Waals surface area contributed by atoms with E-state index in [2.05, 4.69) is 33.8 Å². The van der Waals surface area contributed by atoms with Gasteiger partial charge in [0.2, 0.25) is 0 Å². The summed E-state index contributed by atoms with van der Waals surface area (Å²) in [7, 11) is 0. The van der Waals surface area contributed by atoms with Crippen molar-refractivity contribution >= 4 is 0 Å². The number of hydrogen-bond acceptors (Lipinski definition) is 1. The minimum Gasteiger partial charge on any atom is -0.507 e. The molecule has 2 aromatic rings. The molecule has 0 atom stereocenters. The van der Waals surface area contributed by atoms with Crippen LogP contribution in [0, 0.1) is 27.7 Å². The first-order valence-corrected chi connectivity index (χ1v) is 5.88. The van der Waals surface area contributed by atoms with Gasteiger partial charge in [-0.25, -0.2) is 0 Å². The van der Waals surface area contributed by atoms with Crippen molar-refractivity contribution < 1.29 is 5.11 Å². The maximum absolute atomic E-state index is 9.94. The number of rotatable bonds is 1.